The third kappa shape index (κ3) is 8.38. The lowest BCUT2D eigenvalue weighted by Crippen LogP contribution is -2.50. The van der Waals surface area contributed by atoms with Gasteiger partial charge >= 0.3 is 12.0 Å². The van der Waals surface area contributed by atoms with Crippen molar-refractivity contribution in [3.05, 3.63) is 29.3 Å². The minimum atomic E-state index is -1.03. The fourth-order valence-electron chi connectivity index (χ4n) is 1.95. The average molecular weight is 381 g/mol. The maximum atomic E-state index is 11.9. The quantitative estimate of drug-likeness (QED) is 0.584. The lowest BCUT2D eigenvalue weighted by Gasteiger charge is -2.21. The number of esters is 1. The van der Waals surface area contributed by atoms with Crippen molar-refractivity contribution in [2.75, 3.05) is 5.75 Å². The van der Waals surface area contributed by atoms with Gasteiger partial charge < -0.3 is 10.1 Å². The molecule has 1 rings (SSSR count). The van der Waals surface area contributed by atoms with Crippen LogP contribution in [0.5, 0.6) is 0 Å². The van der Waals surface area contributed by atoms with Gasteiger partial charge in [-0.05, 0) is 64.8 Å². The van der Waals surface area contributed by atoms with Gasteiger partial charge in [-0.3, -0.25) is 14.9 Å². The first kappa shape index (κ1) is 22.0. The number of urea groups is 1. The number of benzene rings is 1. The van der Waals surface area contributed by atoms with Crippen LogP contribution >= 0.6 is 11.8 Å². The zero-order valence-corrected chi connectivity index (χ0v) is 17.1. The Hall–Kier alpha value is -2.02. The number of ether oxygens (including phenoxy) is 1. The molecule has 3 amide bonds. The summed E-state index contributed by atoms with van der Waals surface area (Å²) in [5, 5.41) is 4.77. The van der Waals surface area contributed by atoms with Gasteiger partial charge in [0, 0.05) is 16.2 Å². The molecule has 0 aliphatic rings. The van der Waals surface area contributed by atoms with E-state index >= 15 is 0 Å². The van der Waals surface area contributed by atoms with Crippen LogP contribution in [0.25, 0.3) is 0 Å². The molecule has 1 aromatic carbocycles. The Morgan fingerprint density at radius 2 is 1.81 bits per heavy atom. The van der Waals surface area contributed by atoms with Crippen LogP contribution in [0, 0.1) is 13.8 Å². The van der Waals surface area contributed by atoms with Crippen molar-refractivity contribution in [3.63, 3.8) is 0 Å². The Balaban J connectivity index is 2.36. The van der Waals surface area contributed by atoms with Crippen molar-refractivity contribution >= 4 is 29.7 Å². The van der Waals surface area contributed by atoms with Crippen LogP contribution in [0.2, 0.25) is 0 Å². The third-order valence-corrected chi connectivity index (χ3v) is 4.45. The van der Waals surface area contributed by atoms with Crippen molar-refractivity contribution in [2.45, 2.75) is 64.5 Å². The highest BCUT2D eigenvalue weighted by Crippen LogP contribution is 2.21. The molecule has 0 fully saturated rings. The van der Waals surface area contributed by atoms with Crippen LogP contribution in [-0.4, -0.2) is 35.3 Å². The Kier molecular flexibility index (Phi) is 8.14. The van der Waals surface area contributed by atoms with Crippen LogP contribution in [0.4, 0.5) is 4.79 Å². The first-order valence-corrected chi connectivity index (χ1v) is 9.49. The van der Waals surface area contributed by atoms with Crippen molar-refractivity contribution in [1.29, 1.82) is 0 Å². The SMILES string of the molecule is Cc1ccc(SCCC(=O)O[C@H](C)C(=O)NC(=O)NC(C)(C)C)cc1C. The summed E-state index contributed by atoms with van der Waals surface area (Å²) in [4.78, 5) is 36.5. The summed E-state index contributed by atoms with van der Waals surface area (Å²) in [6.45, 7) is 10.9. The lowest BCUT2D eigenvalue weighted by molar-refractivity contribution is -0.154. The van der Waals surface area contributed by atoms with Gasteiger partial charge in [-0.1, -0.05) is 6.07 Å². The maximum absolute atomic E-state index is 11.9. The minimum absolute atomic E-state index is 0.184. The van der Waals surface area contributed by atoms with Crippen molar-refractivity contribution in [1.82, 2.24) is 10.6 Å². The normalized spacial score (nSPS) is 12.2. The molecular weight excluding hydrogens is 352 g/mol. The summed E-state index contributed by atoms with van der Waals surface area (Å²) >= 11 is 1.56. The van der Waals surface area contributed by atoms with E-state index in [4.69, 9.17) is 4.74 Å². The molecule has 144 valence electrons. The number of carbonyl (C=O) groups is 3. The first-order valence-electron chi connectivity index (χ1n) is 8.50. The minimum Gasteiger partial charge on any atom is -0.453 e. The molecule has 0 saturated heterocycles. The molecule has 0 heterocycles. The van der Waals surface area contributed by atoms with Gasteiger partial charge in [0.15, 0.2) is 6.10 Å². The molecule has 0 unspecified atom stereocenters. The van der Waals surface area contributed by atoms with Crippen LogP contribution in [0.15, 0.2) is 23.1 Å². The van der Waals surface area contributed by atoms with E-state index in [0.717, 1.165) is 4.90 Å². The number of hydrogen-bond donors (Lipinski definition) is 2. The predicted molar refractivity (Wildman–Crippen MR) is 103 cm³/mol. The summed E-state index contributed by atoms with van der Waals surface area (Å²) < 4.78 is 5.08. The molecule has 2 N–H and O–H groups in total. The van der Waals surface area contributed by atoms with Gasteiger partial charge in [0.2, 0.25) is 0 Å². The van der Waals surface area contributed by atoms with Crippen LogP contribution < -0.4 is 10.6 Å². The van der Waals surface area contributed by atoms with E-state index < -0.39 is 29.6 Å². The predicted octanol–water partition coefficient (Wildman–Crippen LogP) is 3.34. The van der Waals surface area contributed by atoms with E-state index in [1.54, 1.807) is 32.5 Å². The second-order valence-electron chi connectivity index (χ2n) is 7.17. The number of hydrogen-bond acceptors (Lipinski definition) is 5. The monoisotopic (exact) mass is 380 g/mol. The molecule has 0 aliphatic carbocycles. The third-order valence-electron chi connectivity index (χ3n) is 3.46. The zero-order chi connectivity index (χ0) is 19.9. The Bertz CT molecular complexity index is 668. The molecule has 1 atom stereocenters. The molecule has 0 aromatic heterocycles. The fourth-order valence-corrected chi connectivity index (χ4v) is 2.88. The maximum Gasteiger partial charge on any atom is 0.321 e. The topological polar surface area (TPSA) is 84.5 Å². The van der Waals surface area contributed by atoms with E-state index in [2.05, 4.69) is 23.6 Å². The largest absolute Gasteiger partial charge is 0.453 e. The highest BCUT2D eigenvalue weighted by molar-refractivity contribution is 7.99. The van der Waals surface area contributed by atoms with Crippen LogP contribution in [-0.2, 0) is 14.3 Å². The van der Waals surface area contributed by atoms with Crippen molar-refractivity contribution in [3.8, 4) is 0 Å². The van der Waals surface area contributed by atoms with Gasteiger partial charge in [0.05, 0.1) is 6.42 Å². The second-order valence-corrected chi connectivity index (χ2v) is 8.34. The van der Waals surface area contributed by atoms with E-state index in [0.29, 0.717) is 5.75 Å². The van der Waals surface area contributed by atoms with Crippen LogP contribution in [0.1, 0.15) is 45.2 Å². The molecule has 0 saturated carbocycles. The van der Waals surface area contributed by atoms with Gasteiger partial charge in [0.25, 0.3) is 5.91 Å². The summed E-state index contributed by atoms with van der Waals surface area (Å²) in [6.07, 6.45) is -0.844. The lowest BCUT2D eigenvalue weighted by atomic mass is 10.1. The molecular formula is C19H28N2O4S. The number of imide groups is 1. The van der Waals surface area contributed by atoms with E-state index in [-0.39, 0.29) is 6.42 Å². The van der Waals surface area contributed by atoms with Gasteiger partial charge in [-0.2, -0.15) is 0 Å². The van der Waals surface area contributed by atoms with E-state index in [9.17, 15) is 14.4 Å². The van der Waals surface area contributed by atoms with E-state index in [1.165, 1.54) is 18.1 Å². The number of aryl methyl sites for hydroxylation is 2. The van der Waals surface area contributed by atoms with Crippen molar-refractivity contribution < 1.29 is 19.1 Å². The summed E-state index contributed by atoms with van der Waals surface area (Å²) in [6, 6.07) is 5.53. The summed E-state index contributed by atoms with van der Waals surface area (Å²) in [5.74, 6) is -0.567. The summed E-state index contributed by atoms with van der Waals surface area (Å²) in [7, 11) is 0. The van der Waals surface area contributed by atoms with Crippen LogP contribution in [0.3, 0.4) is 0 Å². The number of amides is 3. The van der Waals surface area contributed by atoms with Gasteiger partial charge in [0.1, 0.15) is 0 Å². The molecule has 0 bridgehead atoms. The highest BCUT2D eigenvalue weighted by atomic mass is 32.2. The number of rotatable bonds is 6. The molecule has 0 aliphatic heterocycles. The average Bonchev–Trinajstić information content (AvgIpc) is 2.48. The van der Waals surface area contributed by atoms with Gasteiger partial charge in [-0.15, -0.1) is 11.8 Å². The Morgan fingerprint density at radius 1 is 1.15 bits per heavy atom. The number of nitrogens with one attached hydrogen (secondary N) is 2. The molecule has 0 radical (unpaired) electrons. The second kappa shape index (κ2) is 9.62. The van der Waals surface area contributed by atoms with E-state index in [1.807, 2.05) is 19.1 Å². The summed E-state index contributed by atoms with van der Waals surface area (Å²) in [5.41, 5.74) is 1.97. The highest BCUT2D eigenvalue weighted by Gasteiger charge is 2.22. The smallest absolute Gasteiger partial charge is 0.321 e. The number of carbonyl (C=O) groups excluding carboxylic acids is 3. The first-order chi connectivity index (χ1) is 12.0. The zero-order valence-electron chi connectivity index (χ0n) is 16.3. The Morgan fingerprint density at radius 3 is 2.38 bits per heavy atom. The van der Waals surface area contributed by atoms with Crippen molar-refractivity contribution in [2.24, 2.45) is 0 Å². The molecule has 7 heteroatoms. The molecule has 6 nitrogen and oxygen atoms in total. The molecule has 1 aromatic rings. The fraction of sp³-hybridized carbons (Fsp3) is 0.526. The molecule has 26 heavy (non-hydrogen) atoms. The van der Waals surface area contributed by atoms with Gasteiger partial charge in [-0.25, -0.2) is 4.79 Å². The standard InChI is InChI=1S/C19H28N2O4S/c1-12-7-8-15(11-13(12)2)26-10-9-16(22)25-14(3)17(23)20-18(24)21-19(4,5)6/h7-8,11,14H,9-10H2,1-6H3,(H2,20,21,23,24)/t14-/m1/s1. The number of thioether (sulfide) groups is 1. The molecule has 0 spiro atoms. The Labute approximate surface area is 159 Å².